The first-order valence-electron chi connectivity index (χ1n) is 12.1. The van der Waals surface area contributed by atoms with E-state index in [0.717, 1.165) is 12.8 Å². The summed E-state index contributed by atoms with van der Waals surface area (Å²) >= 11 is 0. The van der Waals surface area contributed by atoms with Crippen molar-refractivity contribution in [2.75, 3.05) is 4.90 Å². The summed E-state index contributed by atoms with van der Waals surface area (Å²) in [6, 6.07) is 6.99. The molecule has 1 aliphatic rings. The fourth-order valence-electron chi connectivity index (χ4n) is 6.14. The zero-order valence-electron chi connectivity index (χ0n) is 22.8. The van der Waals surface area contributed by atoms with Gasteiger partial charge in [0.2, 0.25) is 0 Å². The Kier molecular flexibility index (Phi) is 5.72. The average Bonchev–Trinajstić information content (AvgIpc) is 2.48. The molecule has 1 heteroatoms. The fourth-order valence-corrected chi connectivity index (χ4v) is 6.14. The molecule has 1 fully saturated rings. The van der Waals surface area contributed by atoms with Crippen LogP contribution in [0.1, 0.15) is 128 Å². The Labute approximate surface area is 184 Å². The topological polar surface area (TPSA) is 3.24 Å². The van der Waals surface area contributed by atoms with Crippen molar-refractivity contribution in [1.82, 2.24) is 0 Å². The Bertz CT molecular complexity index is 735. The highest BCUT2D eigenvalue weighted by molar-refractivity contribution is 5.61. The highest BCUT2D eigenvalue weighted by Crippen LogP contribution is 2.57. The number of nitrogens with zero attached hydrogens (tertiary/aromatic N) is 1. The lowest BCUT2D eigenvalue weighted by Gasteiger charge is -2.51. The summed E-state index contributed by atoms with van der Waals surface area (Å²) in [5.74, 6) is -0.606. The van der Waals surface area contributed by atoms with Crippen LogP contribution in [0.2, 0.25) is 0 Å². The van der Waals surface area contributed by atoms with Crippen LogP contribution < -0.4 is 4.90 Å². The van der Waals surface area contributed by atoms with Crippen molar-refractivity contribution in [3.05, 3.63) is 29.3 Å². The fraction of sp³-hybridized carbons (Fsp3) is 0.786. The van der Waals surface area contributed by atoms with E-state index in [0.29, 0.717) is 0 Å². The molecule has 166 valence electrons. The van der Waals surface area contributed by atoms with E-state index in [1.54, 1.807) is 0 Å². The van der Waals surface area contributed by atoms with Gasteiger partial charge in [-0.05, 0) is 93.7 Å². The van der Waals surface area contributed by atoms with Crippen LogP contribution in [0.5, 0.6) is 0 Å². The summed E-state index contributed by atoms with van der Waals surface area (Å²) in [7, 11) is 0. The summed E-state index contributed by atoms with van der Waals surface area (Å²) in [6.45, 7) is 30.0. The van der Waals surface area contributed by atoms with E-state index in [-0.39, 0.29) is 27.3 Å². The minimum atomic E-state index is -0.606. The lowest BCUT2D eigenvalue weighted by molar-refractivity contribution is 0.0726. The van der Waals surface area contributed by atoms with Gasteiger partial charge in [-0.1, -0.05) is 67.0 Å². The summed E-state index contributed by atoms with van der Waals surface area (Å²) in [6.07, 6.45) is 3.44. The van der Waals surface area contributed by atoms with Crippen molar-refractivity contribution in [3.8, 4) is 0 Å². The first kappa shape index (κ1) is 22.7. The number of benzene rings is 1. The molecule has 0 unspecified atom stereocenters. The molecule has 0 N–H and O–H groups in total. The van der Waals surface area contributed by atoms with E-state index >= 15 is 0 Å². The van der Waals surface area contributed by atoms with Gasteiger partial charge in [0.15, 0.2) is 0 Å². The maximum absolute atomic E-state index is 9.88. The van der Waals surface area contributed by atoms with E-state index < -0.39 is 5.89 Å². The molecular formula is C28H49N. The first-order valence-corrected chi connectivity index (χ1v) is 11.6. The average molecular weight is 401 g/mol. The third-order valence-corrected chi connectivity index (χ3v) is 6.63. The van der Waals surface area contributed by atoms with E-state index in [9.17, 15) is 1.37 Å². The van der Waals surface area contributed by atoms with Gasteiger partial charge in [0.05, 0.1) is 0 Å². The van der Waals surface area contributed by atoms with E-state index in [1.807, 2.05) is 0 Å². The van der Waals surface area contributed by atoms with Gasteiger partial charge in [-0.3, -0.25) is 0 Å². The molecule has 0 amide bonds. The van der Waals surface area contributed by atoms with Crippen LogP contribution in [0.25, 0.3) is 0 Å². The van der Waals surface area contributed by atoms with Gasteiger partial charge in [0.1, 0.15) is 0 Å². The Morgan fingerprint density at radius 1 is 0.828 bits per heavy atom. The minimum absolute atomic E-state index is 0.000589. The van der Waals surface area contributed by atoms with Crippen LogP contribution in [0.3, 0.4) is 0 Å². The monoisotopic (exact) mass is 400 g/mol. The smallest absolute Gasteiger partial charge is 0.0413 e. The number of rotatable bonds is 2. The van der Waals surface area contributed by atoms with Crippen LogP contribution in [0, 0.1) is 10.8 Å². The molecule has 1 saturated carbocycles. The van der Waals surface area contributed by atoms with Crippen molar-refractivity contribution in [2.24, 2.45) is 10.8 Å². The number of anilines is 1. The molecule has 0 heterocycles. The molecule has 1 aromatic rings. The molecule has 0 spiro atoms. The third-order valence-electron chi connectivity index (χ3n) is 6.63. The van der Waals surface area contributed by atoms with Gasteiger partial charge in [-0.2, -0.15) is 0 Å². The number of hydrogen-bond donors (Lipinski definition) is 0. The predicted molar refractivity (Wildman–Crippen MR) is 131 cm³/mol. The van der Waals surface area contributed by atoms with Crippen molar-refractivity contribution >= 4 is 5.69 Å². The zero-order chi connectivity index (χ0) is 23.6. The van der Waals surface area contributed by atoms with Gasteiger partial charge in [0.25, 0.3) is 0 Å². The molecular weight excluding hydrogens is 350 g/mol. The standard InChI is InChI=1S/C28H49N/c1-24(2,3)21-19-20(23-27(10,11)17-14-18-28(23,12)13)15-16-22(21)29(25(4,5)6)26(7,8)9/h15-16,19,23H,14,17-18H2,1-13H3/i23D. The zero-order valence-corrected chi connectivity index (χ0v) is 21.8. The van der Waals surface area contributed by atoms with Crippen LogP contribution in [-0.2, 0) is 5.41 Å². The first-order chi connectivity index (χ1) is 13.2. The quantitative estimate of drug-likeness (QED) is 0.479. The van der Waals surface area contributed by atoms with Crippen molar-refractivity contribution in [2.45, 2.75) is 132 Å². The Morgan fingerprint density at radius 3 is 1.66 bits per heavy atom. The molecule has 0 saturated heterocycles. The Balaban J connectivity index is 2.83. The van der Waals surface area contributed by atoms with Crippen LogP contribution in [-0.4, -0.2) is 11.1 Å². The van der Waals surface area contributed by atoms with Gasteiger partial charge in [0, 0.05) is 18.1 Å². The number of hydrogen-bond acceptors (Lipinski definition) is 1. The van der Waals surface area contributed by atoms with Crippen molar-refractivity contribution < 1.29 is 1.37 Å². The normalized spacial score (nSPS) is 22.2. The van der Waals surface area contributed by atoms with E-state index in [1.165, 1.54) is 23.2 Å². The SMILES string of the molecule is [2H]C1(c2ccc(N(C(C)(C)C)C(C)(C)C)c(C(C)(C)C)c2)C(C)(C)CCCC1(C)C. The van der Waals surface area contributed by atoms with Gasteiger partial charge in [-0.15, -0.1) is 0 Å². The molecule has 1 nitrogen and oxygen atoms in total. The molecule has 0 bridgehead atoms. The summed E-state index contributed by atoms with van der Waals surface area (Å²) < 4.78 is 9.88. The lowest BCUT2D eigenvalue weighted by Crippen LogP contribution is -2.53. The largest absolute Gasteiger partial charge is 0.362 e. The van der Waals surface area contributed by atoms with Crippen LogP contribution in [0.4, 0.5) is 5.69 Å². The second kappa shape index (κ2) is 7.31. The van der Waals surface area contributed by atoms with Crippen molar-refractivity contribution in [3.63, 3.8) is 0 Å². The predicted octanol–water partition coefficient (Wildman–Crippen LogP) is 8.71. The summed E-state index contributed by atoms with van der Waals surface area (Å²) in [4.78, 5) is 2.57. The Morgan fingerprint density at radius 2 is 1.28 bits per heavy atom. The van der Waals surface area contributed by atoms with Gasteiger partial charge in [-0.25, -0.2) is 0 Å². The highest BCUT2D eigenvalue weighted by Gasteiger charge is 2.45. The second-order valence-corrected chi connectivity index (χ2v) is 13.7. The lowest BCUT2D eigenvalue weighted by atomic mass is 9.55. The molecule has 0 aromatic heterocycles. The highest BCUT2D eigenvalue weighted by atomic mass is 15.2. The molecule has 29 heavy (non-hydrogen) atoms. The molecule has 2 rings (SSSR count). The maximum atomic E-state index is 9.88. The summed E-state index contributed by atoms with van der Waals surface area (Å²) in [5, 5.41) is 0. The minimum Gasteiger partial charge on any atom is -0.362 e. The van der Waals surface area contributed by atoms with Crippen LogP contribution in [0.15, 0.2) is 18.2 Å². The van der Waals surface area contributed by atoms with Crippen LogP contribution >= 0.6 is 0 Å². The molecule has 1 aromatic carbocycles. The Hall–Kier alpha value is -0.980. The molecule has 0 radical (unpaired) electrons. The molecule has 1 aliphatic carbocycles. The second-order valence-electron chi connectivity index (χ2n) is 13.7. The van der Waals surface area contributed by atoms with Gasteiger partial charge >= 0.3 is 0 Å². The van der Waals surface area contributed by atoms with Crippen molar-refractivity contribution in [1.29, 1.82) is 0 Å². The molecule has 0 atom stereocenters. The van der Waals surface area contributed by atoms with E-state index in [2.05, 4.69) is 113 Å². The third kappa shape index (κ3) is 5.02. The summed E-state index contributed by atoms with van der Waals surface area (Å²) in [5.41, 5.74) is 3.74. The van der Waals surface area contributed by atoms with Gasteiger partial charge < -0.3 is 4.90 Å². The molecule has 0 aliphatic heterocycles. The maximum Gasteiger partial charge on any atom is 0.0413 e. The van der Waals surface area contributed by atoms with E-state index in [4.69, 9.17) is 0 Å².